The van der Waals surface area contributed by atoms with Gasteiger partial charge in [-0.2, -0.15) is 11.8 Å². The highest BCUT2D eigenvalue weighted by molar-refractivity contribution is 7.98. The number of nitrogens with one attached hydrogen (secondary N) is 2. The van der Waals surface area contributed by atoms with Gasteiger partial charge in [-0.25, -0.2) is 4.99 Å². The van der Waals surface area contributed by atoms with Crippen molar-refractivity contribution in [3.8, 4) is 11.5 Å². The van der Waals surface area contributed by atoms with Gasteiger partial charge in [0.2, 0.25) is 0 Å². The van der Waals surface area contributed by atoms with Gasteiger partial charge in [-0.15, -0.1) is 10.2 Å². The monoisotopic (exact) mass is 406 g/mol. The van der Waals surface area contributed by atoms with Gasteiger partial charge in [0, 0.05) is 25.2 Å². The van der Waals surface area contributed by atoms with Crippen molar-refractivity contribution in [2.45, 2.75) is 26.4 Å². The Morgan fingerprint density at radius 3 is 2.68 bits per heavy atom. The number of aryl methyl sites for hydroxylation is 1. The zero-order chi connectivity index (χ0) is 20.4. The fraction of sp³-hybridized carbons (Fsp3) is 0.526. The summed E-state index contributed by atoms with van der Waals surface area (Å²) in [7, 11) is 5.25. The summed E-state index contributed by atoms with van der Waals surface area (Å²) in [6.45, 7) is 3.82. The minimum atomic E-state index is 0.489. The average Bonchev–Trinajstić information content (AvgIpc) is 3.04. The Balaban J connectivity index is 2.07. The van der Waals surface area contributed by atoms with E-state index in [1.165, 1.54) is 0 Å². The third-order valence-corrected chi connectivity index (χ3v) is 5.01. The van der Waals surface area contributed by atoms with Gasteiger partial charge >= 0.3 is 0 Å². The van der Waals surface area contributed by atoms with Crippen molar-refractivity contribution in [1.29, 1.82) is 0 Å². The first-order chi connectivity index (χ1) is 13.6. The zero-order valence-electron chi connectivity index (χ0n) is 17.3. The van der Waals surface area contributed by atoms with Crippen LogP contribution in [0.2, 0.25) is 0 Å². The number of guanidine groups is 1. The van der Waals surface area contributed by atoms with Crippen molar-refractivity contribution in [1.82, 2.24) is 25.4 Å². The molecular weight excluding hydrogens is 376 g/mol. The number of aromatic nitrogens is 3. The Kier molecular flexibility index (Phi) is 8.93. The molecule has 0 atom stereocenters. The molecule has 0 radical (unpaired) electrons. The zero-order valence-corrected chi connectivity index (χ0v) is 18.1. The maximum Gasteiger partial charge on any atom is 0.191 e. The van der Waals surface area contributed by atoms with E-state index in [0.717, 1.165) is 53.4 Å². The van der Waals surface area contributed by atoms with E-state index in [0.29, 0.717) is 13.1 Å². The lowest BCUT2D eigenvalue weighted by atomic mass is 10.2. The molecule has 9 heteroatoms. The van der Waals surface area contributed by atoms with Crippen molar-refractivity contribution in [3.05, 3.63) is 35.4 Å². The van der Waals surface area contributed by atoms with Gasteiger partial charge in [0.15, 0.2) is 11.8 Å². The molecule has 1 aromatic heterocycles. The first kappa shape index (κ1) is 21.9. The molecule has 0 fully saturated rings. The molecule has 2 aromatic rings. The molecule has 0 unspecified atom stereocenters. The van der Waals surface area contributed by atoms with E-state index in [9.17, 15) is 0 Å². The van der Waals surface area contributed by atoms with Crippen LogP contribution in [0.4, 0.5) is 0 Å². The van der Waals surface area contributed by atoms with Crippen molar-refractivity contribution in [2.24, 2.45) is 12.0 Å². The van der Waals surface area contributed by atoms with Crippen LogP contribution >= 0.6 is 11.8 Å². The lowest BCUT2D eigenvalue weighted by Crippen LogP contribution is -2.38. The van der Waals surface area contributed by atoms with Crippen LogP contribution < -0.4 is 20.1 Å². The first-order valence-corrected chi connectivity index (χ1v) is 10.5. The Morgan fingerprint density at radius 2 is 2.04 bits per heavy atom. The molecule has 0 bridgehead atoms. The first-order valence-electron chi connectivity index (χ1n) is 9.16. The summed E-state index contributed by atoms with van der Waals surface area (Å²) in [5.41, 5.74) is 0.989. The number of nitrogens with zero attached hydrogens (tertiary/aromatic N) is 4. The number of rotatable bonds is 10. The highest BCUT2D eigenvalue weighted by Crippen LogP contribution is 2.25. The van der Waals surface area contributed by atoms with E-state index in [4.69, 9.17) is 14.5 Å². The Morgan fingerprint density at radius 1 is 1.21 bits per heavy atom. The predicted octanol–water partition coefficient (Wildman–Crippen LogP) is 2.13. The summed E-state index contributed by atoms with van der Waals surface area (Å²) in [5.74, 6) is 5.10. The van der Waals surface area contributed by atoms with E-state index in [1.807, 2.05) is 48.5 Å². The lowest BCUT2D eigenvalue weighted by Gasteiger charge is -2.13. The van der Waals surface area contributed by atoms with Crippen LogP contribution in [-0.2, 0) is 20.1 Å². The van der Waals surface area contributed by atoms with Crippen LogP contribution in [0.1, 0.15) is 23.6 Å². The van der Waals surface area contributed by atoms with Crippen molar-refractivity contribution in [2.75, 3.05) is 32.8 Å². The van der Waals surface area contributed by atoms with Crippen LogP contribution in [0.25, 0.3) is 0 Å². The summed E-state index contributed by atoms with van der Waals surface area (Å²) in [4.78, 5) is 4.72. The number of thioether (sulfide) groups is 1. The van der Waals surface area contributed by atoms with E-state index < -0.39 is 0 Å². The van der Waals surface area contributed by atoms with E-state index in [-0.39, 0.29) is 0 Å². The minimum absolute atomic E-state index is 0.489. The number of ether oxygens (including phenoxy) is 2. The highest BCUT2D eigenvalue weighted by atomic mass is 32.2. The molecule has 154 valence electrons. The fourth-order valence-electron chi connectivity index (χ4n) is 2.51. The van der Waals surface area contributed by atoms with Crippen molar-refractivity contribution >= 4 is 17.7 Å². The normalized spacial score (nSPS) is 11.4. The minimum Gasteiger partial charge on any atom is -0.497 e. The lowest BCUT2D eigenvalue weighted by molar-refractivity contribution is 0.391. The molecule has 28 heavy (non-hydrogen) atoms. The van der Waals surface area contributed by atoms with Crippen molar-refractivity contribution < 1.29 is 9.47 Å². The molecule has 8 nitrogen and oxygen atoms in total. The van der Waals surface area contributed by atoms with Crippen LogP contribution in [0.5, 0.6) is 11.5 Å². The standard InChI is InChI=1S/C19H30N6O2S/c1-14-23-24-18(25(14)2)13-22-19(20-9-6-10-28-5)21-12-15-7-8-16(26-3)11-17(15)27-4/h7-8,11H,6,9-10,12-13H2,1-5H3,(H2,20,21,22). The van der Waals surface area contributed by atoms with Crippen LogP contribution in [0, 0.1) is 6.92 Å². The maximum atomic E-state index is 5.47. The van der Waals surface area contributed by atoms with Gasteiger partial charge in [-0.05, 0) is 37.5 Å². The van der Waals surface area contributed by atoms with Crippen LogP contribution in [0.3, 0.4) is 0 Å². The number of hydrogen-bond acceptors (Lipinski definition) is 6. The average molecular weight is 407 g/mol. The van der Waals surface area contributed by atoms with Gasteiger partial charge in [0.05, 0.1) is 27.3 Å². The molecule has 0 spiro atoms. The van der Waals surface area contributed by atoms with Crippen molar-refractivity contribution in [3.63, 3.8) is 0 Å². The Labute approximate surface area is 171 Å². The number of benzene rings is 1. The fourth-order valence-corrected chi connectivity index (χ4v) is 2.95. The number of aliphatic imine (C=N–C) groups is 1. The van der Waals surface area contributed by atoms with Gasteiger partial charge in [-0.1, -0.05) is 0 Å². The quantitative estimate of drug-likeness (QED) is 0.355. The van der Waals surface area contributed by atoms with Crippen LogP contribution in [-0.4, -0.2) is 53.5 Å². The summed E-state index contributed by atoms with van der Waals surface area (Å²) in [5, 5.41) is 15.0. The molecule has 0 aliphatic carbocycles. The smallest absolute Gasteiger partial charge is 0.191 e. The molecule has 1 heterocycles. The van der Waals surface area contributed by atoms with E-state index >= 15 is 0 Å². The maximum absolute atomic E-state index is 5.47. The van der Waals surface area contributed by atoms with E-state index in [2.05, 4.69) is 27.1 Å². The van der Waals surface area contributed by atoms with E-state index in [1.54, 1.807) is 14.2 Å². The largest absolute Gasteiger partial charge is 0.497 e. The number of hydrogen-bond donors (Lipinski definition) is 2. The molecule has 0 amide bonds. The highest BCUT2D eigenvalue weighted by Gasteiger charge is 2.08. The SMILES string of the molecule is COc1ccc(CN=C(NCCCSC)NCc2nnc(C)n2C)c(OC)c1. The number of methoxy groups -OCH3 is 2. The van der Waals surface area contributed by atoms with Gasteiger partial charge in [-0.3, -0.25) is 0 Å². The summed E-state index contributed by atoms with van der Waals surface area (Å²) in [6, 6.07) is 5.75. The topological polar surface area (TPSA) is 85.6 Å². The molecule has 2 N–H and O–H groups in total. The molecule has 0 saturated carbocycles. The van der Waals surface area contributed by atoms with Crippen LogP contribution in [0.15, 0.2) is 23.2 Å². The molecule has 2 rings (SSSR count). The summed E-state index contributed by atoms with van der Waals surface area (Å²) < 4.78 is 12.7. The third kappa shape index (κ3) is 6.33. The third-order valence-electron chi connectivity index (χ3n) is 4.32. The molecule has 0 saturated heterocycles. The second-order valence-corrected chi connectivity index (χ2v) is 7.18. The molecule has 0 aliphatic heterocycles. The molecule has 1 aromatic carbocycles. The van der Waals surface area contributed by atoms with Gasteiger partial charge in [0.1, 0.15) is 17.3 Å². The second-order valence-electron chi connectivity index (χ2n) is 6.19. The summed E-state index contributed by atoms with van der Waals surface area (Å²) in [6.07, 6.45) is 3.18. The Bertz CT molecular complexity index is 778. The van der Waals surface area contributed by atoms with Gasteiger partial charge < -0.3 is 24.7 Å². The molecule has 0 aliphatic rings. The summed E-state index contributed by atoms with van der Waals surface area (Å²) >= 11 is 1.84. The molecular formula is C19H30N6O2S. The second kappa shape index (κ2) is 11.4. The predicted molar refractivity (Wildman–Crippen MR) is 114 cm³/mol. The van der Waals surface area contributed by atoms with Gasteiger partial charge in [0.25, 0.3) is 0 Å². The Hall–Kier alpha value is -2.42.